The maximum absolute atomic E-state index is 13.3. The summed E-state index contributed by atoms with van der Waals surface area (Å²) in [5.74, 6) is 0.391. The molecule has 0 spiro atoms. The minimum absolute atomic E-state index is 0.131. The smallest absolute Gasteiger partial charge is 0.259 e. The lowest BCUT2D eigenvalue weighted by Gasteiger charge is -2.34. The molecule has 2 aliphatic heterocycles. The van der Waals surface area contributed by atoms with Crippen molar-refractivity contribution in [3.05, 3.63) is 52.4 Å². The zero-order chi connectivity index (χ0) is 19.5. The maximum atomic E-state index is 13.3. The molecule has 1 aromatic carbocycles. The molecule has 0 N–H and O–H groups in total. The number of piperidine rings is 1. The first-order chi connectivity index (χ1) is 13.6. The quantitative estimate of drug-likeness (QED) is 0.704. The Morgan fingerprint density at radius 1 is 1.21 bits per heavy atom. The number of halogens is 2. The van der Waals surface area contributed by atoms with Gasteiger partial charge in [-0.1, -0.05) is 0 Å². The number of likely N-dealkylation sites (tertiary alicyclic amines) is 1. The third-order valence-corrected chi connectivity index (χ3v) is 5.58. The number of carbonyl (C=O) groups is 1. The number of benzene rings is 1. The molecule has 0 bridgehead atoms. The average molecular weight is 451 g/mol. The Morgan fingerprint density at radius 3 is 2.68 bits per heavy atom. The van der Waals surface area contributed by atoms with Crippen molar-refractivity contribution in [3.8, 4) is 11.6 Å². The third-order valence-electron chi connectivity index (χ3n) is 4.96. The topological polar surface area (TPSA) is 60.9 Å². The fourth-order valence-electron chi connectivity index (χ4n) is 3.49. The molecule has 3 heterocycles. The van der Waals surface area contributed by atoms with Crippen LogP contribution in [0, 0.1) is 11.7 Å². The van der Waals surface area contributed by atoms with Crippen molar-refractivity contribution < 1.29 is 23.4 Å². The monoisotopic (exact) mass is 450 g/mol. The zero-order valence-corrected chi connectivity index (χ0v) is 16.7. The molecule has 2 saturated heterocycles. The Morgan fingerprint density at radius 2 is 1.96 bits per heavy atom. The van der Waals surface area contributed by atoms with Crippen molar-refractivity contribution in [2.45, 2.75) is 19.1 Å². The zero-order valence-electron chi connectivity index (χ0n) is 15.1. The van der Waals surface area contributed by atoms with Crippen molar-refractivity contribution in [1.29, 1.82) is 0 Å². The summed E-state index contributed by atoms with van der Waals surface area (Å²) < 4.78 is 30.7. The molecule has 28 heavy (non-hydrogen) atoms. The number of carbonyl (C=O) groups excluding carboxylic acids is 1. The van der Waals surface area contributed by atoms with Gasteiger partial charge >= 0.3 is 0 Å². The molecular weight excluding hydrogens is 431 g/mol. The van der Waals surface area contributed by atoms with E-state index < -0.39 is 0 Å². The van der Waals surface area contributed by atoms with Crippen molar-refractivity contribution in [2.75, 3.05) is 26.3 Å². The molecule has 2 aromatic rings. The average Bonchev–Trinajstić information content (AvgIpc) is 3.25. The summed E-state index contributed by atoms with van der Waals surface area (Å²) in [7, 11) is 0. The van der Waals surface area contributed by atoms with Crippen LogP contribution in [0.3, 0.4) is 0 Å². The summed E-state index contributed by atoms with van der Waals surface area (Å²) in [5, 5.41) is 0. The molecule has 2 aliphatic rings. The summed E-state index contributed by atoms with van der Waals surface area (Å²) in [5.41, 5.74) is 0.380. The van der Waals surface area contributed by atoms with Gasteiger partial charge in [0.25, 0.3) is 5.91 Å². The highest BCUT2D eigenvalue weighted by atomic mass is 79.9. The number of nitrogens with zero attached hydrogens (tertiary/aromatic N) is 2. The van der Waals surface area contributed by atoms with Crippen LogP contribution in [0.4, 0.5) is 4.39 Å². The maximum Gasteiger partial charge on any atom is 0.259 e. The molecule has 0 unspecified atom stereocenters. The molecule has 6 nitrogen and oxygen atoms in total. The van der Waals surface area contributed by atoms with Crippen molar-refractivity contribution in [1.82, 2.24) is 9.88 Å². The van der Waals surface area contributed by atoms with Gasteiger partial charge in [-0.15, -0.1) is 0 Å². The van der Waals surface area contributed by atoms with Gasteiger partial charge in [-0.25, -0.2) is 9.37 Å². The summed E-state index contributed by atoms with van der Waals surface area (Å²) >= 11 is 3.27. The van der Waals surface area contributed by atoms with Gasteiger partial charge in [0.2, 0.25) is 5.88 Å². The van der Waals surface area contributed by atoms with E-state index in [1.165, 1.54) is 18.2 Å². The lowest BCUT2D eigenvalue weighted by Crippen LogP contribution is -2.41. The second-order valence-corrected chi connectivity index (χ2v) is 7.63. The molecule has 0 atom stereocenters. The van der Waals surface area contributed by atoms with Gasteiger partial charge in [-0.3, -0.25) is 4.79 Å². The van der Waals surface area contributed by atoms with Crippen LogP contribution in [-0.4, -0.2) is 48.4 Å². The van der Waals surface area contributed by atoms with Gasteiger partial charge in [0, 0.05) is 25.2 Å². The largest absolute Gasteiger partial charge is 0.437 e. The highest BCUT2D eigenvalue weighted by Crippen LogP contribution is 2.32. The summed E-state index contributed by atoms with van der Waals surface area (Å²) in [6, 6.07) is 7.49. The molecule has 0 aliphatic carbocycles. The molecule has 1 amide bonds. The van der Waals surface area contributed by atoms with Crippen LogP contribution < -0.4 is 4.74 Å². The third kappa shape index (κ3) is 4.19. The Labute approximate surface area is 170 Å². The molecule has 8 heteroatoms. The molecule has 0 saturated carbocycles. The van der Waals surface area contributed by atoms with Gasteiger partial charge < -0.3 is 19.1 Å². The number of rotatable bonds is 4. The molecular formula is C20H20BrFN2O4. The Bertz CT molecular complexity index is 852. The highest BCUT2D eigenvalue weighted by Gasteiger charge is 2.32. The lowest BCUT2D eigenvalue weighted by molar-refractivity contribution is -0.0956. The second-order valence-electron chi connectivity index (χ2n) is 6.77. The standard InChI is InChI=1S/C20H20BrFN2O4/c21-16-12-14(22)3-4-17(16)28-18-15(2-1-7-23-18)19(25)24-8-5-13(6-9-24)20-26-10-11-27-20/h1-4,7,12-13,20H,5-6,8-11H2. The Kier molecular flexibility index (Phi) is 5.89. The van der Waals surface area contributed by atoms with Gasteiger partial charge in [0.15, 0.2) is 6.29 Å². The van der Waals surface area contributed by atoms with E-state index in [4.69, 9.17) is 14.2 Å². The van der Waals surface area contributed by atoms with Crippen LogP contribution in [0.2, 0.25) is 0 Å². The second kappa shape index (κ2) is 8.55. The van der Waals surface area contributed by atoms with E-state index in [0.717, 1.165) is 12.8 Å². The van der Waals surface area contributed by atoms with Crippen molar-refractivity contribution in [3.63, 3.8) is 0 Å². The molecule has 0 radical (unpaired) electrons. The fourth-order valence-corrected chi connectivity index (χ4v) is 3.92. The van der Waals surface area contributed by atoms with Crippen molar-refractivity contribution >= 4 is 21.8 Å². The first kappa shape index (κ1) is 19.3. The predicted octanol–water partition coefficient (Wildman–Crippen LogP) is 4.00. The van der Waals surface area contributed by atoms with Crippen molar-refractivity contribution in [2.24, 2.45) is 5.92 Å². The summed E-state index contributed by atoms with van der Waals surface area (Å²) in [6.07, 6.45) is 3.07. The summed E-state index contributed by atoms with van der Waals surface area (Å²) in [6.45, 7) is 2.53. The van der Waals surface area contributed by atoms with Crippen LogP contribution in [0.5, 0.6) is 11.6 Å². The first-order valence-electron chi connectivity index (χ1n) is 9.22. The van der Waals surface area contributed by atoms with Gasteiger partial charge in [0.1, 0.15) is 17.1 Å². The van der Waals surface area contributed by atoms with Crippen LogP contribution in [0.25, 0.3) is 0 Å². The number of aromatic nitrogens is 1. The van der Waals surface area contributed by atoms with Crippen LogP contribution in [0.1, 0.15) is 23.2 Å². The first-order valence-corrected chi connectivity index (χ1v) is 10.0. The van der Waals surface area contributed by atoms with Crippen LogP contribution in [-0.2, 0) is 9.47 Å². The van der Waals surface area contributed by atoms with E-state index in [1.807, 2.05) is 0 Å². The fraction of sp³-hybridized carbons (Fsp3) is 0.400. The van der Waals surface area contributed by atoms with E-state index in [9.17, 15) is 9.18 Å². The van der Waals surface area contributed by atoms with Gasteiger partial charge in [-0.05, 0) is 59.1 Å². The van der Waals surface area contributed by atoms with E-state index in [-0.39, 0.29) is 23.9 Å². The number of ether oxygens (including phenoxy) is 3. The Balaban J connectivity index is 1.46. The lowest BCUT2D eigenvalue weighted by atomic mass is 9.95. The highest BCUT2D eigenvalue weighted by molar-refractivity contribution is 9.10. The van der Waals surface area contributed by atoms with E-state index in [1.54, 1.807) is 23.2 Å². The molecule has 4 rings (SSSR count). The van der Waals surface area contributed by atoms with Crippen LogP contribution >= 0.6 is 15.9 Å². The number of hydrogen-bond acceptors (Lipinski definition) is 5. The molecule has 1 aromatic heterocycles. The molecule has 2 fully saturated rings. The number of amides is 1. The normalized spacial score (nSPS) is 18.4. The summed E-state index contributed by atoms with van der Waals surface area (Å²) in [4.78, 5) is 19.1. The molecule has 148 valence electrons. The van der Waals surface area contributed by atoms with E-state index >= 15 is 0 Å². The number of hydrogen-bond donors (Lipinski definition) is 0. The Hall–Kier alpha value is -2.03. The van der Waals surface area contributed by atoms with Gasteiger partial charge in [-0.2, -0.15) is 0 Å². The van der Waals surface area contributed by atoms with Crippen LogP contribution in [0.15, 0.2) is 41.0 Å². The van der Waals surface area contributed by atoms with E-state index in [2.05, 4.69) is 20.9 Å². The minimum atomic E-state index is -0.380. The minimum Gasteiger partial charge on any atom is -0.437 e. The number of pyridine rings is 1. The van der Waals surface area contributed by atoms with E-state index in [0.29, 0.717) is 48.0 Å². The SMILES string of the molecule is O=C(c1cccnc1Oc1ccc(F)cc1Br)N1CCC(C2OCCO2)CC1. The van der Waals surface area contributed by atoms with Gasteiger partial charge in [0.05, 0.1) is 17.7 Å². The predicted molar refractivity (Wildman–Crippen MR) is 103 cm³/mol.